The molecule has 8 heavy (non-hydrogen) atoms. The zero-order valence-corrected chi connectivity index (χ0v) is 6.27. The molecule has 1 nitrogen and oxygen atoms in total. The van der Waals surface area contributed by atoms with E-state index < -0.39 is 0 Å². The molecule has 0 aromatic heterocycles. The molecule has 0 aliphatic rings. The highest BCUT2D eigenvalue weighted by Crippen LogP contribution is 2.10. The van der Waals surface area contributed by atoms with Crippen molar-refractivity contribution in [3.63, 3.8) is 0 Å². The van der Waals surface area contributed by atoms with Crippen molar-refractivity contribution in [3.05, 3.63) is 0 Å². The molecule has 0 bridgehead atoms. The molecule has 0 aliphatic heterocycles. The average molecular weight is 114 g/mol. The monoisotopic (exact) mass is 114 g/mol. The van der Waals surface area contributed by atoms with E-state index in [0.717, 1.165) is 6.32 Å². The van der Waals surface area contributed by atoms with Gasteiger partial charge in [0.25, 0.3) is 6.92 Å². The maximum absolute atomic E-state index is 5.16. The summed E-state index contributed by atoms with van der Waals surface area (Å²) < 4.78 is 5.16. The van der Waals surface area contributed by atoms with Crippen molar-refractivity contribution in [2.45, 2.75) is 32.9 Å². The van der Waals surface area contributed by atoms with Crippen molar-refractivity contribution in [1.82, 2.24) is 0 Å². The highest BCUT2D eigenvalue weighted by Gasteiger charge is 2.14. The second kappa shape index (κ2) is 3.96. The second-order valence-corrected chi connectivity index (χ2v) is 2.43. The lowest BCUT2D eigenvalue weighted by Gasteiger charge is -2.10. The molecule has 48 valence electrons. The van der Waals surface area contributed by atoms with Crippen LogP contribution in [0.1, 0.15) is 20.8 Å². The van der Waals surface area contributed by atoms with Crippen LogP contribution in [0.4, 0.5) is 0 Å². The maximum Gasteiger partial charge on any atom is 0.294 e. The average Bonchev–Trinajstić information content (AvgIpc) is 1.69. The standard InChI is InChI=1S/C6H15BO/c1-5-7(8-4)6(2)3/h6H,5H2,1-4H3. The lowest BCUT2D eigenvalue weighted by molar-refractivity contribution is 0.411. The lowest BCUT2D eigenvalue weighted by Crippen LogP contribution is -2.17. The molecule has 0 aromatic carbocycles. The van der Waals surface area contributed by atoms with Crippen molar-refractivity contribution in [2.24, 2.45) is 0 Å². The van der Waals surface area contributed by atoms with E-state index in [1.54, 1.807) is 7.11 Å². The summed E-state index contributed by atoms with van der Waals surface area (Å²) in [4.78, 5) is 0. The van der Waals surface area contributed by atoms with E-state index in [1.165, 1.54) is 0 Å². The van der Waals surface area contributed by atoms with Crippen LogP contribution in [0.25, 0.3) is 0 Å². The van der Waals surface area contributed by atoms with E-state index in [2.05, 4.69) is 20.8 Å². The van der Waals surface area contributed by atoms with Crippen LogP contribution in [0.3, 0.4) is 0 Å². The number of rotatable bonds is 3. The van der Waals surface area contributed by atoms with Crippen molar-refractivity contribution in [3.8, 4) is 0 Å². The third-order valence-electron chi connectivity index (χ3n) is 1.45. The van der Waals surface area contributed by atoms with Gasteiger partial charge in [0, 0.05) is 7.11 Å². The fraction of sp³-hybridized carbons (Fsp3) is 1.00. The minimum absolute atomic E-state index is 0.454. The Bertz CT molecular complexity index is 50.5. The van der Waals surface area contributed by atoms with Crippen LogP contribution >= 0.6 is 0 Å². The quantitative estimate of drug-likeness (QED) is 0.510. The van der Waals surface area contributed by atoms with E-state index in [4.69, 9.17) is 4.65 Å². The Morgan fingerprint density at radius 2 is 2.00 bits per heavy atom. The lowest BCUT2D eigenvalue weighted by atomic mass is 9.55. The predicted molar refractivity (Wildman–Crippen MR) is 38.3 cm³/mol. The first-order chi connectivity index (χ1) is 3.72. The van der Waals surface area contributed by atoms with E-state index in [-0.39, 0.29) is 0 Å². The van der Waals surface area contributed by atoms with Crippen LogP contribution in [-0.4, -0.2) is 14.0 Å². The van der Waals surface area contributed by atoms with Gasteiger partial charge in [-0.2, -0.15) is 0 Å². The van der Waals surface area contributed by atoms with Gasteiger partial charge in [-0.1, -0.05) is 20.8 Å². The molecule has 0 fully saturated rings. The van der Waals surface area contributed by atoms with Crippen LogP contribution in [0.15, 0.2) is 0 Å². The van der Waals surface area contributed by atoms with E-state index >= 15 is 0 Å². The van der Waals surface area contributed by atoms with E-state index in [0.29, 0.717) is 12.7 Å². The fourth-order valence-corrected chi connectivity index (χ4v) is 0.910. The SMILES string of the molecule is CCB(OC)C(C)C. The van der Waals surface area contributed by atoms with Gasteiger partial charge in [-0.05, 0) is 12.1 Å². The molecule has 0 N–H and O–H groups in total. The Morgan fingerprint density at radius 1 is 1.50 bits per heavy atom. The third-order valence-corrected chi connectivity index (χ3v) is 1.45. The van der Waals surface area contributed by atoms with Crippen LogP contribution < -0.4 is 0 Å². The topological polar surface area (TPSA) is 9.23 Å². The summed E-state index contributed by atoms with van der Waals surface area (Å²) in [6, 6.07) is 0. The van der Waals surface area contributed by atoms with E-state index in [9.17, 15) is 0 Å². The van der Waals surface area contributed by atoms with Gasteiger partial charge in [0.15, 0.2) is 0 Å². The Hall–Kier alpha value is 0.0249. The molecule has 0 aliphatic carbocycles. The van der Waals surface area contributed by atoms with Gasteiger partial charge in [-0.3, -0.25) is 0 Å². The smallest absolute Gasteiger partial charge is 0.294 e. The summed E-state index contributed by atoms with van der Waals surface area (Å²) in [5.74, 6) is 0.657. The summed E-state index contributed by atoms with van der Waals surface area (Å²) in [6.45, 7) is 6.96. The Balaban J connectivity index is 3.35. The number of hydrogen-bond donors (Lipinski definition) is 0. The minimum atomic E-state index is 0.454. The molecule has 0 atom stereocenters. The van der Waals surface area contributed by atoms with Gasteiger partial charge in [0.2, 0.25) is 0 Å². The first-order valence-corrected chi connectivity index (χ1v) is 3.25. The van der Waals surface area contributed by atoms with Gasteiger partial charge in [0.05, 0.1) is 0 Å². The highest BCUT2D eigenvalue weighted by atomic mass is 16.4. The zero-order chi connectivity index (χ0) is 6.57. The minimum Gasteiger partial charge on any atom is -0.438 e. The Labute approximate surface area is 52.5 Å². The molecule has 0 heterocycles. The molecule has 0 saturated carbocycles. The van der Waals surface area contributed by atoms with Crippen molar-refractivity contribution < 1.29 is 4.65 Å². The van der Waals surface area contributed by atoms with Gasteiger partial charge in [-0.15, -0.1) is 0 Å². The first kappa shape index (κ1) is 8.02. The van der Waals surface area contributed by atoms with Gasteiger partial charge < -0.3 is 4.65 Å². The Morgan fingerprint density at radius 3 is 2.00 bits per heavy atom. The molecule has 0 rings (SSSR count). The highest BCUT2D eigenvalue weighted by molar-refractivity contribution is 6.53. The fourth-order valence-electron chi connectivity index (χ4n) is 0.910. The molecule has 2 heteroatoms. The molecular formula is C6H15BO. The summed E-state index contributed by atoms with van der Waals surface area (Å²) in [5, 5.41) is 0. The summed E-state index contributed by atoms with van der Waals surface area (Å²) in [5.41, 5.74) is 0. The molecule has 0 spiro atoms. The zero-order valence-electron chi connectivity index (χ0n) is 6.27. The van der Waals surface area contributed by atoms with Crippen LogP contribution in [0, 0.1) is 0 Å². The molecule has 0 saturated heterocycles. The van der Waals surface area contributed by atoms with Gasteiger partial charge in [0.1, 0.15) is 0 Å². The largest absolute Gasteiger partial charge is 0.438 e. The second-order valence-electron chi connectivity index (χ2n) is 2.43. The van der Waals surface area contributed by atoms with Crippen LogP contribution in [0.5, 0.6) is 0 Å². The van der Waals surface area contributed by atoms with Crippen molar-refractivity contribution in [1.29, 1.82) is 0 Å². The normalized spacial score (nSPS) is 10.1. The molecule has 0 aromatic rings. The summed E-state index contributed by atoms with van der Waals surface area (Å²) in [6.07, 6.45) is 1.12. The summed E-state index contributed by atoms with van der Waals surface area (Å²) >= 11 is 0. The molecule has 0 unspecified atom stereocenters. The van der Waals surface area contributed by atoms with E-state index in [1.807, 2.05) is 0 Å². The predicted octanol–water partition coefficient (Wildman–Crippen LogP) is 2.05. The third kappa shape index (κ3) is 2.36. The molecule has 0 amide bonds. The summed E-state index contributed by atoms with van der Waals surface area (Å²) in [7, 11) is 1.77. The van der Waals surface area contributed by atoms with Crippen molar-refractivity contribution in [2.75, 3.05) is 7.11 Å². The van der Waals surface area contributed by atoms with Crippen LogP contribution in [-0.2, 0) is 4.65 Å². The molecule has 0 radical (unpaired) electrons. The van der Waals surface area contributed by atoms with Gasteiger partial charge >= 0.3 is 0 Å². The Kier molecular flexibility index (Phi) is 3.97. The maximum atomic E-state index is 5.16. The number of hydrogen-bond acceptors (Lipinski definition) is 1. The first-order valence-electron chi connectivity index (χ1n) is 3.25. The van der Waals surface area contributed by atoms with Gasteiger partial charge in [-0.25, -0.2) is 0 Å². The van der Waals surface area contributed by atoms with Crippen molar-refractivity contribution >= 4 is 6.92 Å². The van der Waals surface area contributed by atoms with Crippen LogP contribution in [0.2, 0.25) is 12.1 Å². The molecular weight excluding hydrogens is 98.9 g/mol.